The number of benzene rings is 2. The van der Waals surface area contributed by atoms with Crippen LogP contribution in [0.4, 0.5) is 0 Å². The van der Waals surface area contributed by atoms with Gasteiger partial charge in [0.25, 0.3) is 5.91 Å². The Morgan fingerprint density at radius 3 is 2.38 bits per heavy atom. The number of nitrogens with zero attached hydrogens (tertiary/aromatic N) is 1. The average Bonchev–Trinajstić information content (AvgIpc) is 2.63. The fourth-order valence-electron chi connectivity index (χ4n) is 2.18. The summed E-state index contributed by atoms with van der Waals surface area (Å²) in [5, 5.41) is 3.97. The van der Waals surface area contributed by atoms with Gasteiger partial charge in [-0.3, -0.25) is 4.79 Å². The highest BCUT2D eigenvalue weighted by molar-refractivity contribution is 5.85. The lowest BCUT2D eigenvalue weighted by Gasteiger charge is -2.13. The van der Waals surface area contributed by atoms with Crippen molar-refractivity contribution in [2.45, 2.75) is 6.10 Å². The number of carbonyl (C=O) groups is 1. The molecule has 1 amide bonds. The lowest BCUT2D eigenvalue weighted by molar-refractivity contribution is -0.131. The van der Waals surface area contributed by atoms with Gasteiger partial charge in [-0.15, -0.1) is 0 Å². The van der Waals surface area contributed by atoms with Crippen LogP contribution in [-0.4, -0.2) is 33.5 Å². The molecule has 0 heterocycles. The third-order valence-electron chi connectivity index (χ3n) is 3.37. The van der Waals surface area contributed by atoms with E-state index < -0.39 is 6.10 Å². The van der Waals surface area contributed by atoms with Crippen molar-refractivity contribution in [3.63, 3.8) is 0 Å². The van der Waals surface area contributed by atoms with Crippen molar-refractivity contribution in [1.29, 1.82) is 0 Å². The van der Waals surface area contributed by atoms with Crippen LogP contribution in [0, 0.1) is 0 Å². The standard InChI is InChI=1S/C18H20N2O4/c1-22-15-10-9-13(11-16(15)23-2)12-19-20-18(21)17(24-3)14-7-5-4-6-8-14/h4-12,17H,1-3H3,(H,20,21)/b19-12-. The third-order valence-corrected chi connectivity index (χ3v) is 3.37. The molecule has 1 unspecified atom stereocenters. The number of nitrogens with one attached hydrogen (secondary N) is 1. The second-order valence-corrected chi connectivity index (χ2v) is 4.88. The monoisotopic (exact) mass is 328 g/mol. The first-order chi connectivity index (χ1) is 11.7. The van der Waals surface area contributed by atoms with Gasteiger partial charge >= 0.3 is 0 Å². The first-order valence-corrected chi connectivity index (χ1v) is 7.32. The molecule has 0 bridgehead atoms. The summed E-state index contributed by atoms with van der Waals surface area (Å²) in [6.45, 7) is 0. The molecule has 0 aliphatic rings. The molecule has 24 heavy (non-hydrogen) atoms. The van der Waals surface area contributed by atoms with Gasteiger partial charge in [0, 0.05) is 7.11 Å². The van der Waals surface area contributed by atoms with Crippen molar-refractivity contribution >= 4 is 12.1 Å². The van der Waals surface area contributed by atoms with E-state index in [0.717, 1.165) is 11.1 Å². The van der Waals surface area contributed by atoms with Gasteiger partial charge in [-0.2, -0.15) is 5.10 Å². The molecule has 0 saturated carbocycles. The van der Waals surface area contributed by atoms with Crippen LogP contribution < -0.4 is 14.9 Å². The van der Waals surface area contributed by atoms with Crippen LogP contribution in [0.5, 0.6) is 11.5 Å². The molecule has 2 aromatic carbocycles. The van der Waals surface area contributed by atoms with Gasteiger partial charge in [0.2, 0.25) is 0 Å². The zero-order chi connectivity index (χ0) is 17.4. The molecule has 0 aliphatic heterocycles. The summed E-state index contributed by atoms with van der Waals surface area (Å²) in [5.41, 5.74) is 4.01. The molecular weight excluding hydrogens is 308 g/mol. The number of carbonyl (C=O) groups excluding carboxylic acids is 1. The van der Waals surface area contributed by atoms with E-state index in [1.54, 1.807) is 26.4 Å². The fourth-order valence-corrected chi connectivity index (χ4v) is 2.18. The molecule has 0 radical (unpaired) electrons. The topological polar surface area (TPSA) is 69.2 Å². The Bertz CT molecular complexity index is 701. The largest absolute Gasteiger partial charge is 0.493 e. The van der Waals surface area contributed by atoms with Crippen molar-refractivity contribution in [2.24, 2.45) is 5.10 Å². The second kappa shape index (κ2) is 8.69. The number of methoxy groups -OCH3 is 3. The van der Waals surface area contributed by atoms with E-state index in [1.807, 2.05) is 36.4 Å². The Hall–Kier alpha value is -2.86. The van der Waals surface area contributed by atoms with Gasteiger partial charge in [0.05, 0.1) is 20.4 Å². The number of hydrogen-bond donors (Lipinski definition) is 1. The first-order valence-electron chi connectivity index (χ1n) is 7.32. The normalized spacial score (nSPS) is 12.0. The van der Waals surface area contributed by atoms with Crippen LogP contribution in [0.2, 0.25) is 0 Å². The Labute approximate surface area is 141 Å². The second-order valence-electron chi connectivity index (χ2n) is 4.88. The molecule has 0 aliphatic carbocycles. The molecule has 0 fully saturated rings. The SMILES string of the molecule is COc1ccc(/C=N\NC(=O)C(OC)c2ccccc2)cc1OC. The predicted molar refractivity (Wildman–Crippen MR) is 91.5 cm³/mol. The minimum atomic E-state index is -0.714. The van der Waals surface area contributed by atoms with Crippen molar-refractivity contribution in [1.82, 2.24) is 5.43 Å². The highest BCUT2D eigenvalue weighted by Gasteiger charge is 2.19. The zero-order valence-corrected chi connectivity index (χ0v) is 13.9. The minimum Gasteiger partial charge on any atom is -0.493 e. The molecule has 6 nitrogen and oxygen atoms in total. The summed E-state index contributed by atoms with van der Waals surface area (Å²) in [7, 11) is 4.61. The van der Waals surface area contributed by atoms with Crippen molar-refractivity contribution in [3.8, 4) is 11.5 Å². The van der Waals surface area contributed by atoms with Crippen LogP contribution in [0.1, 0.15) is 17.2 Å². The maximum absolute atomic E-state index is 12.2. The lowest BCUT2D eigenvalue weighted by atomic mass is 10.1. The third kappa shape index (κ3) is 4.33. The fraction of sp³-hybridized carbons (Fsp3) is 0.222. The van der Waals surface area contributed by atoms with Gasteiger partial charge in [-0.25, -0.2) is 5.43 Å². The summed E-state index contributed by atoms with van der Waals surface area (Å²) >= 11 is 0. The van der Waals surface area contributed by atoms with Gasteiger partial charge in [0.15, 0.2) is 17.6 Å². The van der Waals surface area contributed by atoms with E-state index in [-0.39, 0.29) is 5.91 Å². The Morgan fingerprint density at radius 2 is 1.75 bits per heavy atom. The highest BCUT2D eigenvalue weighted by Crippen LogP contribution is 2.26. The Morgan fingerprint density at radius 1 is 1.04 bits per heavy atom. The van der Waals surface area contributed by atoms with Gasteiger partial charge in [-0.1, -0.05) is 30.3 Å². The van der Waals surface area contributed by atoms with Gasteiger partial charge in [0.1, 0.15) is 0 Å². The Kier molecular flexibility index (Phi) is 6.33. The number of ether oxygens (including phenoxy) is 3. The van der Waals surface area contributed by atoms with Crippen LogP contribution >= 0.6 is 0 Å². The summed E-state index contributed by atoms with van der Waals surface area (Å²) in [6.07, 6.45) is 0.811. The summed E-state index contributed by atoms with van der Waals surface area (Å²) < 4.78 is 15.6. The van der Waals surface area contributed by atoms with E-state index in [2.05, 4.69) is 10.5 Å². The van der Waals surface area contributed by atoms with E-state index in [1.165, 1.54) is 13.3 Å². The molecule has 2 rings (SSSR count). The Balaban J connectivity index is 2.04. The number of hydrazone groups is 1. The molecule has 0 spiro atoms. The molecule has 2 aromatic rings. The van der Waals surface area contributed by atoms with Crippen molar-refractivity contribution < 1.29 is 19.0 Å². The van der Waals surface area contributed by atoms with Crippen LogP contribution in [-0.2, 0) is 9.53 Å². The minimum absolute atomic E-state index is 0.347. The molecule has 1 N–H and O–H groups in total. The van der Waals surface area contributed by atoms with E-state index in [0.29, 0.717) is 11.5 Å². The molecule has 126 valence electrons. The summed E-state index contributed by atoms with van der Waals surface area (Å²) in [4.78, 5) is 12.2. The smallest absolute Gasteiger partial charge is 0.273 e. The maximum atomic E-state index is 12.2. The molecule has 1 atom stereocenters. The zero-order valence-electron chi connectivity index (χ0n) is 13.9. The molecule has 6 heteroatoms. The van der Waals surface area contributed by atoms with Crippen molar-refractivity contribution in [3.05, 3.63) is 59.7 Å². The molecular formula is C18H20N2O4. The number of rotatable bonds is 7. The summed E-state index contributed by atoms with van der Waals surface area (Å²) in [6, 6.07) is 14.6. The van der Waals surface area contributed by atoms with Crippen molar-refractivity contribution in [2.75, 3.05) is 21.3 Å². The van der Waals surface area contributed by atoms with Gasteiger partial charge < -0.3 is 14.2 Å². The van der Waals surface area contributed by atoms with E-state index in [4.69, 9.17) is 14.2 Å². The summed E-state index contributed by atoms with van der Waals surface area (Å²) in [5.74, 6) is 0.870. The van der Waals surface area contributed by atoms with Gasteiger partial charge in [-0.05, 0) is 29.3 Å². The maximum Gasteiger partial charge on any atom is 0.273 e. The first kappa shape index (κ1) is 17.5. The predicted octanol–water partition coefficient (Wildman–Crippen LogP) is 2.54. The van der Waals surface area contributed by atoms with E-state index in [9.17, 15) is 4.79 Å². The highest BCUT2D eigenvalue weighted by atomic mass is 16.5. The quantitative estimate of drug-likeness (QED) is 0.626. The van der Waals surface area contributed by atoms with Crippen LogP contribution in [0.3, 0.4) is 0 Å². The number of hydrogen-bond acceptors (Lipinski definition) is 5. The van der Waals surface area contributed by atoms with E-state index >= 15 is 0 Å². The lowest BCUT2D eigenvalue weighted by Crippen LogP contribution is -2.26. The molecule has 0 saturated heterocycles. The van der Waals surface area contributed by atoms with Crippen LogP contribution in [0.15, 0.2) is 53.6 Å². The molecule has 0 aromatic heterocycles. The number of amides is 1. The average molecular weight is 328 g/mol. The van der Waals surface area contributed by atoms with Crippen LogP contribution in [0.25, 0.3) is 0 Å².